The Kier molecular flexibility index (Phi) is 7.06. The van der Waals surface area contributed by atoms with E-state index in [2.05, 4.69) is 194 Å². The summed E-state index contributed by atoms with van der Waals surface area (Å²) in [4.78, 5) is 2.42. The average Bonchev–Trinajstić information content (AvgIpc) is 3.55. The summed E-state index contributed by atoms with van der Waals surface area (Å²) in [6.45, 7) is 2.15. The van der Waals surface area contributed by atoms with E-state index in [0.717, 1.165) is 44.7 Å². The Morgan fingerprint density at radius 3 is 1.88 bits per heavy atom. The molecule has 1 aromatic heterocycles. The molecule has 0 saturated heterocycles. The second kappa shape index (κ2) is 12.0. The second-order valence-electron chi connectivity index (χ2n) is 12.6. The van der Waals surface area contributed by atoms with Gasteiger partial charge in [-0.25, -0.2) is 0 Å². The molecule has 9 rings (SSSR count). The molecule has 2 heteroatoms. The van der Waals surface area contributed by atoms with Crippen LogP contribution in [-0.2, 0) is 0 Å². The lowest BCUT2D eigenvalue weighted by atomic mass is 9.93. The molecule has 9 aromatic rings. The molecule has 0 bridgehead atoms. The first kappa shape index (κ1) is 28.8. The van der Waals surface area contributed by atoms with Crippen molar-refractivity contribution < 1.29 is 4.42 Å². The molecule has 0 radical (unpaired) electrons. The zero-order chi connectivity index (χ0) is 32.7. The molecular weight excluding hydrogens is 595 g/mol. The van der Waals surface area contributed by atoms with Gasteiger partial charge < -0.3 is 9.32 Å². The topological polar surface area (TPSA) is 16.4 Å². The molecule has 49 heavy (non-hydrogen) atoms. The minimum Gasteiger partial charge on any atom is -0.456 e. The fourth-order valence-corrected chi connectivity index (χ4v) is 7.28. The monoisotopic (exact) mass is 627 g/mol. The second-order valence-corrected chi connectivity index (χ2v) is 12.6. The molecule has 0 aliphatic rings. The lowest BCUT2D eigenvalue weighted by Gasteiger charge is -2.31. The molecule has 0 saturated carbocycles. The first-order valence-electron chi connectivity index (χ1n) is 16.8. The molecule has 0 amide bonds. The number of nitrogens with zero attached hydrogens (tertiary/aromatic N) is 1. The third-order valence-corrected chi connectivity index (χ3v) is 9.59. The Balaban J connectivity index is 1.37. The first-order valence-corrected chi connectivity index (χ1v) is 16.8. The highest BCUT2D eigenvalue weighted by Gasteiger charge is 2.24. The fraction of sp³-hybridized carbons (Fsp3) is 0.0213. The van der Waals surface area contributed by atoms with Crippen LogP contribution in [0.3, 0.4) is 0 Å². The van der Waals surface area contributed by atoms with Crippen LogP contribution in [0.4, 0.5) is 17.1 Å². The Bertz CT molecular complexity index is 2600. The molecule has 0 spiro atoms. The van der Waals surface area contributed by atoms with Crippen LogP contribution < -0.4 is 4.90 Å². The van der Waals surface area contributed by atoms with Gasteiger partial charge in [0.25, 0.3) is 0 Å². The van der Waals surface area contributed by atoms with Crippen LogP contribution in [0.1, 0.15) is 5.56 Å². The minimum atomic E-state index is 0.871. The van der Waals surface area contributed by atoms with E-state index in [0.29, 0.717) is 0 Å². The molecule has 0 aliphatic heterocycles. The molecular formula is C47H33NO. The van der Waals surface area contributed by atoms with Gasteiger partial charge in [0.1, 0.15) is 11.2 Å². The number of aryl methyl sites for hydroxylation is 1. The Morgan fingerprint density at radius 1 is 0.429 bits per heavy atom. The predicted molar refractivity (Wildman–Crippen MR) is 207 cm³/mol. The maximum absolute atomic E-state index is 6.55. The van der Waals surface area contributed by atoms with Gasteiger partial charge in [-0.1, -0.05) is 140 Å². The van der Waals surface area contributed by atoms with E-state index < -0.39 is 0 Å². The number of benzene rings is 8. The molecule has 0 unspecified atom stereocenters. The molecule has 8 aromatic carbocycles. The molecule has 2 nitrogen and oxygen atoms in total. The molecule has 0 aliphatic carbocycles. The molecule has 232 valence electrons. The van der Waals surface area contributed by atoms with Crippen molar-refractivity contribution in [2.75, 3.05) is 4.90 Å². The maximum atomic E-state index is 6.55. The van der Waals surface area contributed by atoms with Crippen molar-refractivity contribution >= 4 is 49.8 Å². The highest BCUT2D eigenvalue weighted by atomic mass is 16.3. The SMILES string of the molecule is Cc1cccc2oc3cc(N(c4ccc(-c5ccccc5)cc4-c4ccccc4)c4ccc5ccccc5c4-c4ccccc4)ccc3c12. The van der Waals surface area contributed by atoms with Crippen LogP contribution in [0.2, 0.25) is 0 Å². The zero-order valence-electron chi connectivity index (χ0n) is 27.2. The third kappa shape index (κ3) is 5.06. The van der Waals surface area contributed by atoms with Crippen LogP contribution in [0.25, 0.3) is 66.1 Å². The summed E-state index contributed by atoms with van der Waals surface area (Å²) in [6, 6.07) is 65.1. The normalized spacial score (nSPS) is 11.4. The van der Waals surface area contributed by atoms with Gasteiger partial charge in [-0.3, -0.25) is 0 Å². The van der Waals surface area contributed by atoms with Crippen LogP contribution in [0, 0.1) is 6.92 Å². The molecule has 0 atom stereocenters. The standard InChI is InChI=1S/C47H33NO/c1-32-14-13-23-44-46(32)40-27-26-38(31-45(40)49-44)48(43-29-24-35-19-11-12-22-39(35)47(43)36-20-9-4-10-21-36)42-28-25-37(33-15-5-2-6-16-33)30-41(42)34-17-7-3-8-18-34/h2-31H,1H3. The summed E-state index contributed by atoms with van der Waals surface area (Å²) in [7, 11) is 0. The summed E-state index contributed by atoms with van der Waals surface area (Å²) in [5, 5.41) is 4.71. The van der Waals surface area contributed by atoms with E-state index in [-0.39, 0.29) is 0 Å². The highest BCUT2D eigenvalue weighted by molar-refractivity contribution is 6.10. The fourth-order valence-electron chi connectivity index (χ4n) is 7.28. The predicted octanol–water partition coefficient (Wildman–Crippen LogP) is 13.5. The van der Waals surface area contributed by atoms with Crippen molar-refractivity contribution in [1.29, 1.82) is 0 Å². The van der Waals surface area contributed by atoms with E-state index in [4.69, 9.17) is 4.42 Å². The molecule has 1 heterocycles. The summed E-state index contributed by atoms with van der Waals surface area (Å²) in [5.74, 6) is 0. The molecule has 0 N–H and O–H groups in total. The van der Waals surface area contributed by atoms with E-state index in [1.807, 2.05) is 0 Å². The van der Waals surface area contributed by atoms with E-state index in [1.165, 1.54) is 44.0 Å². The first-order chi connectivity index (χ1) is 24.2. The summed E-state index contributed by atoms with van der Waals surface area (Å²) in [5.41, 5.74) is 13.2. The third-order valence-electron chi connectivity index (χ3n) is 9.59. The minimum absolute atomic E-state index is 0.871. The van der Waals surface area contributed by atoms with Crippen LogP contribution in [0.5, 0.6) is 0 Å². The van der Waals surface area contributed by atoms with Crippen molar-refractivity contribution in [2.24, 2.45) is 0 Å². The van der Waals surface area contributed by atoms with Gasteiger partial charge >= 0.3 is 0 Å². The number of hydrogen-bond donors (Lipinski definition) is 0. The van der Waals surface area contributed by atoms with Gasteiger partial charge in [0.2, 0.25) is 0 Å². The Labute approximate surface area is 286 Å². The summed E-state index contributed by atoms with van der Waals surface area (Å²) in [6.07, 6.45) is 0. The quantitative estimate of drug-likeness (QED) is 0.182. The van der Waals surface area contributed by atoms with Crippen molar-refractivity contribution in [2.45, 2.75) is 6.92 Å². The van der Waals surface area contributed by atoms with Crippen molar-refractivity contribution in [3.63, 3.8) is 0 Å². The van der Waals surface area contributed by atoms with Gasteiger partial charge in [-0.2, -0.15) is 0 Å². The van der Waals surface area contributed by atoms with Crippen LogP contribution >= 0.6 is 0 Å². The van der Waals surface area contributed by atoms with E-state index >= 15 is 0 Å². The number of fused-ring (bicyclic) bond motifs is 4. The van der Waals surface area contributed by atoms with Gasteiger partial charge in [0.15, 0.2) is 0 Å². The van der Waals surface area contributed by atoms with Gasteiger partial charge in [-0.05, 0) is 81.9 Å². The Morgan fingerprint density at radius 2 is 1.10 bits per heavy atom. The lowest BCUT2D eigenvalue weighted by Crippen LogP contribution is -2.13. The highest BCUT2D eigenvalue weighted by Crippen LogP contribution is 2.48. The maximum Gasteiger partial charge on any atom is 0.137 e. The number of hydrogen-bond acceptors (Lipinski definition) is 2. The van der Waals surface area contributed by atoms with Crippen molar-refractivity contribution in [3.05, 3.63) is 188 Å². The van der Waals surface area contributed by atoms with Crippen molar-refractivity contribution in [1.82, 2.24) is 0 Å². The van der Waals surface area contributed by atoms with Crippen LogP contribution in [-0.4, -0.2) is 0 Å². The smallest absolute Gasteiger partial charge is 0.137 e. The largest absolute Gasteiger partial charge is 0.456 e. The lowest BCUT2D eigenvalue weighted by molar-refractivity contribution is 0.669. The number of rotatable bonds is 6. The van der Waals surface area contributed by atoms with Gasteiger partial charge in [-0.15, -0.1) is 0 Å². The van der Waals surface area contributed by atoms with Gasteiger partial charge in [0, 0.05) is 33.7 Å². The molecule has 0 fully saturated rings. The van der Waals surface area contributed by atoms with Crippen LogP contribution in [0.15, 0.2) is 186 Å². The summed E-state index contributed by atoms with van der Waals surface area (Å²) >= 11 is 0. The van der Waals surface area contributed by atoms with Gasteiger partial charge in [0.05, 0.1) is 11.4 Å². The zero-order valence-corrected chi connectivity index (χ0v) is 27.2. The number of furan rings is 1. The van der Waals surface area contributed by atoms with E-state index in [9.17, 15) is 0 Å². The summed E-state index contributed by atoms with van der Waals surface area (Å²) < 4.78 is 6.55. The van der Waals surface area contributed by atoms with E-state index in [1.54, 1.807) is 0 Å². The number of anilines is 3. The average molecular weight is 628 g/mol. The Hall–Kier alpha value is -6.38. The van der Waals surface area contributed by atoms with Crippen molar-refractivity contribution in [3.8, 4) is 33.4 Å².